The minimum absolute atomic E-state index is 0.152. The molecular weight excluding hydrogens is 303 g/mol. The monoisotopic (exact) mass is 322 g/mol. The molecular formula is C12H19F5O2S. The second-order valence-corrected chi connectivity index (χ2v) is 5.43. The van der Waals surface area contributed by atoms with E-state index < -0.39 is 36.2 Å². The van der Waals surface area contributed by atoms with Gasteiger partial charge in [-0.2, -0.15) is 0 Å². The number of halogens is 5. The largest absolute Gasteiger partial charge is 0.465 e. The van der Waals surface area contributed by atoms with Crippen LogP contribution < -0.4 is 0 Å². The molecule has 0 spiro atoms. The molecule has 120 valence electrons. The third-order valence-electron chi connectivity index (χ3n) is 2.52. The third-order valence-corrected chi connectivity index (χ3v) is 3.97. The average molecular weight is 322 g/mol. The molecule has 0 amide bonds. The molecule has 0 aromatic heterocycles. The fraction of sp³-hybridized carbons (Fsp3) is 0.917. The lowest BCUT2D eigenvalue weighted by Gasteiger charge is -2.20. The summed E-state index contributed by atoms with van der Waals surface area (Å²) in [5.41, 5.74) is 0. The maximum atomic E-state index is 13.0. The first-order valence-corrected chi connectivity index (χ1v) is 7.39. The van der Waals surface area contributed by atoms with Crippen LogP contribution in [0.3, 0.4) is 0 Å². The van der Waals surface area contributed by atoms with Crippen LogP contribution in [0.2, 0.25) is 0 Å². The van der Waals surface area contributed by atoms with Crippen LogP contribution in [-0.4, -0.2) is 42.1 Å². The van der Waals surface area contributed by atoms with Gasteiger partial charge in [0.15, 0.2) is 0 Å². The number of esters is 1. The fourth-order valence-corrected chi connectivity index (χ4v) is 2.48. The van der Waals surface area contributed by atoms with Gasteiger partial charge in [-0.15, -0.1) is 11.8 Å². The highest BCUT2D eigenvalue weighted by Gasteiger charge is 2.45. The number of hydrogen-bond donors (Lipinski definition) is 0. The highest BCUT2D eigenvalue weighted by molar-refractivity contribution is 8.00. The predicted octanol–water partition coefficient (Wildman–Crippen LogP) is 4.08. The van der Waals surface area contributed by atoms with Crippen LogP contribution in [0.5, 0.6) is 0 Å². The second kappa shape index (κ2) is 9.41. The lowest BCUT2D eigenvalue weighted by Crippen LogP contribution is -2.35. The van der Waals surface area contributed by atoms with Crippen LogP contribution in [0.1, 0.15) is 33.1 Å². The number of alkyl halides is 5. The van der Waals surface area contributed by atoms with E-state index in [2.05, 4.69) is 0 Å². The van der Waals surface area contributed by atoms with Crippen LogP contribution in [0, 0.1) is 0 Å². The Hall–Kier alpha value is -0.530. The van der Waals surface area contributed by atoms with Gasteiger partial charge in [-0.25, -0.2) is 22.0 Å². The Balaban J connectivity index is 4.08. The number of carbonyl (C=O) groups excluding carboxylic acids is 1. The molecule has 0 fully saturated rings. The Morgan fingerprint density at radius 1 is 1.25 bits per heavy atom. The SMILES string of the molecule is CCOC(=O)C(CC)SCCCC(F)(F)C(F)C(F)F. The molecule has 0 radical (unpaired) electrons. The van der Waals surface area contributed by atoms with Crippen molar-refractivity contribution in [2.45, 2.75) is 56.9 Å². The fourth-order valence-electron chi connectivity index (χ4n) is 1.44. The molecule has 0 aromatic carbocycles. The summed E-state index contributed by atoms with van der Waals surface area (Å²) in [4.78, 5) is 11.4. The van der Waals surface area contributed by atoms with Crippen molar-refractivity contribution in [1.29, 1.82) is 0 Å². The number of rotatable bonds is 10. The van der Waals surface area contributed by atoms with Crippen LogP contribution in [0.4, 0.5) is 22.0 Å². The van der Waals surface area contributed by atoms with Crippen molar-refractivity contribution in [3.05, 3.63) is 0 Å². The second-order valence-electron chi connectivity index (χ2n) is 4.12. The van der Waals surface area contributed by atoms with Crippen LogP contribution in [0.25, 0.3) is 0 Å². The molecule has 0 aromatic rings. The van der Waals surface area contributed by atoms with Crippen molar-refractivity contribution in [1.82, 2.24) is 0 Å². The maximum Gasteiger partial charge on any atom is 0.319 e. The molecule has 0 bridgehead atoms. The average Bonchev–Trinajstić information content (AvgIpc) is 2.37. The van der Waals surface area contributed by atoms with E-state index in [-0.39, 0.29) is 18.8 Å². The zero-order valence-electron chi connectivity index (χ0n) is 11.4. The summed E-state index contributed by atoms with van der Waals surface area (Å²) < 4.78 is 67.2. The molecule has 0 aliphatic carbocycles. The van der Waals surface area contributed by atoms with Crippen LogP contribution in [0.15, 0.2) is 0 Å². The Bertz CT molecular complexity index is 289. The zero-order valence-corrected chi connectivity index (χ0v) is 12.2. The highest BCUT2D eigenvalue weighted by atomic mass is 32.2. The summed E-state index contributed by atoms with van der Waals surface area (Å²) >= 11 is 1.11. The van der Waals surface area contributed by atoms with Crippen molar-refractivity contribution in [2.24, 2.45) is 0 Å². The Kier molecular flexibility index (Phi) is 9.16. The predicted molar refractivity (Wildman–Crippen MR) is 68.3 cm³/mol. The van der Waals surface area contributed by atoms with E-state index in [1.165, 1.54) is 0 Å². The number of carbonyl (C=O) groups is 1. The quantitative estimate of drug-likeness (QED) is 0.344. The molecule has 0 heterocycles. The Morgan fingerprint density at radius 3 is 2.30 bits per heavy atom. The van der Waals surface area contributed by atoms with E-state index in [1.807, 2.05) is 0 Å². The first-order chi connectivity index (χ1) is 9.26. The molecule has 0 saturated carbocycles. The standard InChI is InChI=1S/C12H19F5O2S/c1-3-8(11(18)19-4-2)20-7-5-6-12(16,17)9(13)10(14)15/h8-10H,3-7H2,1-2H3. The molecule has 2 unspecified atom stereocenters. The number of ether oxygens (including phenoxy) is 1. The smallest absolute Gasteiger partial charge is 0.319 e. The van der Waals surface area contributed by atoms with Gasteiger partial charge in [-0.05, 0) is 25.5 Å². The van der Waals surface area contributed by atoms with Gasteiger partial charge in [-0.1, -0.05) is 6.92 Å². The van der Waals surface area contributed by atoms with Crippen molar-refractivity contribution < 1.29 is 31.5 Å². The molecule has 2 nitrogen and oxygen atoms in total. The molecule has 0 N–H and O–H groups in total. The summed E-state index contributed by atoms with van der Waals surface area (Å²) in [6.45, 7) is 3.63. The lowest BCUT2D eigenvalue weighted by molar-refractivity contribution is -0.142. The van der Waals surface area contributed by atoms with Crippen LogP contribution in [-0.2, 0) is 9.53 Å². The van der Waals surface area contributed by atoms with Gasteiger partial charge in [0.2, 0.25) is 6.17 Å². The summed E-state index contributed by atoms with van der Waals surface area (Å²) in [6, 6.07) is 0. The first kappa shape index (κ1) is 19.5. The van der Waals surface area contributed by atoms with Gasteiger partial charge in [0.25, 0.3) is 12.3 Å². The van der Waals surface area contributed by atoms with E-state index in [0.717, 1.165) is 11.8 Å². The molecule has 0 saturated heterocycles. The van der Waals surface area contributed by atoms with Crippen molar-refractivity contribution in [2.75, 3.05) is 12.4 Å². The van der Waals surface area contributed by atoms with Gasteiger partial charge < -0.3 is 4.74 Å². The highest BCUT2D eigenvalue weighted by Crippen LogP contribution is 2.32. The Labute approximate surface area is 119 Å². The van der Waals surface area contributed by atoms with E-state index in [4.69, 9.17) is 4.74 Å². The topological polar surface area (TPSA) is 26.3 Å². The molecule has 0 aliphatic heterocycles. The van der Waals surface area contributed by atoms with Gasteiger partial charge >= 0.3 is 5.97 Å². The molecule has 0 rings (SSSR count). The minimum atomic E-state index is -4.04. The Morgan fingerprint density at radius 2 is 1.85 bits per heavy atom. The number of thioether (sulfide) groups is 1. The van der Waals surface area contributed by atoms with Gasteiger partial charge in [0, 0.05) is 6.42 Å². The summed E-state index contributed by atoms with van der Waals surface area (Å²) in [5, 5.41) is -0.472. The lowest BCUT2D eigenvalue weighted by atomic mass is 10.1. The molecule has 8 heteroatoms. The minimum Gasteiger partial charge on any atom is -0.465 e. The van der Waals surface area contributed by atoms with Crippen molar-refractivity contribution >= 4 is 17.7 Å². The van der Waals surface area contributed by atoms with E-state index in [1.54, 1.807) is 13.8 Å². The summed E-state index contributed by atoms with van der Waals surface area (Å²) in [6.07, 6.45) is -7.78. The molecule has 2 atom stereocenters. The third kappa shape index (κ3) is 6.76. The number of hydrogen-bond acceptors (Lipinski definition) is 3. The van der Waals surface area contributed by atoms with E-state index in [9.17, 15) is 26.7 Å². The zero-order chi connectivity index (χ0) is 15.8. The van der Waals surface area contributed by atoms with Crippen LogP contribution >= 0.6 is 11.8 Å². The molecule has 0 aliphatic rings. The normalized spacial score (nSPS) is 15.2. The van der Waals surface area contributed by atoms with Crippen molar-refractivity contribution in [3.63, 3.8) is 0 Å². The van der Waals surface area contributed by atoms with E-state index in [0.29, 0.717) is 6.42 Å². The summed E-state index contributed by atoms with van der Waals surface area (Å²) in [7, 11) is 0. The van der Waals surface area contributed by atoms with Gasteiger partial charge in [0.05, 0.1) is 6.61 Å². The van der Waals surface area contributed by atoms with Crippen molar-refractivity contribution in [3.8, 4) is 0 Å². The molecule has 20 heavy (non-hydrogen) atoms. The van der Waals surface area contributed by atoms with Gasteiger partial charge in [-0.3, -0.25) is 4.79 Å². The summed E-state index contributed by atoms with van der Waals surface area (Å²) in [5.74, 6) is -4.31. The maximum absolute atomic E-state index is 13.0. The van der Waals surface area contributed by atoms with E-state index >= 15 is 0 Å². The first-order valence-electron chi connectivity index (χ1n) is 6.34. The van der Waals surface area contributed by atoms with Gasteiger partial charge in [0.1, 0.15) is 5.25 Å².